The molecule has 1 heterocycles. The van der Waals surface area contributed by atoms with Gasteiger partial charge >= 0.3 is 5.97 Å². The Hall–Kier alpha value is -0.900. The number of aromatic nitrogens is 1. The SMILES string of the molecule is O=C(O)CCCC[s+]1ccnc1. The van der Waals surface area contributed by atoms with Crippen LogP contribution in [0.1, 0.15) is 19.3 Å². The number of hydrogen-bond donors (Lipinski definition) is 1. The van der Waals surface area contributed by atoms with Crippen LogP contribution in [0.15, 0.2) is 17.1 Å². The summed E-state index contributed by atoms with van der Waals surface area (Å²) in [5.74, 6) is 0.349. The molecule has 1 N–H and O–H groups in total. The van der Waals surface area contributed by atoms with Crippen LogP contribution in [0.4, 0.5) is 0 Å². The molecule has 0 amide bonds. The van der Waals surface area contributed by atoms with Crippen molar-refractivity contribution in [3.8, 4) is 0 Å². The van der Waals surface area contributed by atoms with Crippen molar-refractivity contribution in [3.63, 3.8) is 0 Å². The minimum Gasteiger partial charge on any atom is -0.481 e. The molecule has 0 fully saturated rings. The average Bonchev–Trinajstić information content (AvgIpc) is 2.49. The van der Waals surface area contributed by atoms with Crippen LogP contribution in [0.2, 0.25) is 0 Å². The van der Waals surface area contributed by atoms with Gasteiger partial charge in [0, 0.05) is 6.42 Å². The maximum atomic E-state index is 10.2. The number of thiazole rings is 1. The van der Waals surface area contributed by atoms with Gasteiger partial charge in [0.2, 0.25) is 5.51 Å². The minimum absolute atomic E-state index is 0.193. The van der Waals surface area contributed by atoms with Crippen LogP contribution in [0.25, 0.3) is 0 Å². The number of carboxylic acid groups (broad SMARTS) is 1. The summed E-state index contributed by atoms with van der Waals surface area (Å²) >= 11 is 0. The maximum absolute atomic E-state index is 10.2. The van der Waals surface area contributed by atoms with Gasteiger partial charge < -0.3 is 5.11 Å². The number of aliphatic carboxylic acids is 1. The summed E-state index contributed by atoms with van der Waals surface area (Å²) in [6.45, 7) is 0. The Balaban J connectivity index is 2.07. The molecule has 0 saturated carbocycles. The Morgan fingerprint density at radius 1 is 1.50 bits per heavy atom. The average molecular weight is 186 g/mol. The molecule has 0 aliphatic rings. The molecule has 0 bridgehead atoms. The fourth-order valence-electron chi connectivity index (χ4n) is 0.927. The van der Waals surface area contributed by atoms with Crippen molar-refractivity contribution in [1.29, 1.82) is 0 Å². The normalized spacial score (nSPS) is 11.5. The van der Waals surface area contributed by atoms with Gasteiger partial charge in [0.1, 0.15) is 5.75 Å². The molecular formula is C8H12NO2S+. The van der Waals surface area contributed by atoms with E-state index in [9.17, 15) is 4.79 Å². The Morgan fingerprint density at radius 3 is 2.92 bits per heavy atom. The third kappa shape index (κ3) is 3.48. The molecule has 0 radical (unpaired) electrons. The number of carboxylic acids is 1. The summed E-state index contributed by atoms with van der Waals surface area (Å²) < 4.78 is 0. The Morgan fingerprint density at radius 2 is 2.33 bits per heavy atom. The van der Waals surface area contributed by atoms with Crippen molar-refractivity contribution >= 4 is 16.4 Å². The van der Waals surface area contributed by atoms with Crippen LogP contribution in [-0.4, -0.2) is 16.1 Å². The van der Waals surface area contributed by atoms with Gasteiger partial charge in [-0.1, -0.05) is 0 Å². The predicted molar refractivity (Wildman–Crippen MR) is 48.2 cm³/mol. The first-order valence-corrected chi connectivity index (χ1v) is 5.41. The summed E-state index contributed by atoms with van der Waals surface area (Å²) in [7, 11) is 0.193. The Labute approximate surface area is 74.0 Å². The lowest BCUT2D eigenvalue weighted by atomic mass is 10.3. The number of unbranched alkanes of at least 4 members (excludes halogenated alkanes) is 1. The molecule has 1 aromatic heterocycles. The van der Waals surface area contributed by atoms with Crippen molar-refractivity contribution in [2.75, 3.05) is 0 Å². The van der Waals surface area contributed by atoms with Gasteiger partial charge in [-0.25, -0.2) is 4.98 Å². The van der Waals surface area contributed by atoms with Crippen LogP contribution in [0.5, 0.6) is 0 Å². The van der Waals surface area contributed by atoms with Gasteiger partial charge in [-0.3, -0.25) is 4.79 Å². The van der Waals surface area contributed by atoms with Gasteiger partial charge in [0.15, 0.2) is 5.38 Å². The van der Waals surface area contributed by atoms with E-state index in [-0.39, 0.29) is 16.9 Å². The summed E-state index contributed by atoms with van der Waals surface area (Å²) in [6, 6.07) is 0. The van der Waals surface area contributed by atoms with Gasteiger partial charge in [0.05, 0.1) is 6.20 Å². The minimum atomic E-state index is -0.700. The summed E-state index contributed by atoms with van der Waals surface area (Å²) in [5, 5.41) is 10.4. The fourth-order valence-corrected chi connectivity index (χ4v) is 2.23. The Bertz CT molecular complexity index is 233. The molecule has 1 unspecified atom stereocenters. The second kappa shape index (κ2) is 4.87. The maximum Gasteiger partial charge on any atom is 0.303 e. The van der Waals surface area contributed by atoms with Crippen LogP contribution >= 0.6 is 10.5 Å². The second-order valence-corrected chi connectivity index (χ2v) is 4.39. The van der Waals surface area contributed by atoms with Crippen molar-refractivity contribution in [1.82, 2.24) is 4.98 Å². The quantitative estimate of drug-likeness (QED) is 0.565. The monoisotopic (exact) mass is 186 g/mol. The van der Waals surface area contributed by atoms with Crippen molar-refractivity contribution < 1.29 is 9.90 Å². The lowest BCUT2D eigenvalue weighted by Gasteiger charge is -1.90. The number of carbonyl (C=O) groups is 1. The molecule has 1 atom stereocenters. The number of rotatable bonds is 5. The van der Waals surface area contributed by atoms with Gasteiger partial charge in [-0.2, -0.15) is 0 Å². The molecule has 1 aromatic rings. The fraction of sp³-hybridized carbons (Fsp3) is 0.500. The molecule has 4 heteroatoms. The first kappa shape index (κ1) is 9.19. The molecule has 1 rings (SSSR count). The molecule has 12 heavy (non-hydrogen) atoms. The summed E-state index contributed by atoms with van der Waals surface area (Å²) in [5.41, 5.74) is 1.93. The molecule has 0 spiro atoms. The first-order chi connectivity index (χ1) is 5.79. The van der Waals surface area contributed by atoms with Crippen LogP contribution < -0.4 is 0 Å². The van der Waals surface area contributed by atoms with E-state index >= 15 is 0 Å². The van der Waals surface area contributed by atoms with E-state index < -0.39 is 5.97 Å². The Kier molecular flexibility index (Phi) is 3.73. The van der Waals surface area contributed by atoms with Crippen LogP contribution in [0.3, 0.4) is 0 Å². The lowest BCUT2D eigenvalue weighted by molar-refractivity contribution is -0.137. The second-order valence-electron chi connectivity index (χ2n) is 2.56. The van der Waals surface area contributed by atoms with E-state index in [4.69, 9.17) is 5.11 Å². The standard InChI is InChI=1S/C8H11NO2S/c10-8(11)3-1-2-5-12-6-4-9-7-12/h4,6-7H,1-3,5H2/p+1. The largest absolute Gasteiger partial charge is 0.481 e. The third-order valence-electron chi connectivity index (χ3n) is 1.54. The van der Waals surface area contributed by atoms with Crippen LogP contribution in [0, 0.1) is 0 Å². The molecule has 0 aromatic carbocycles. The zero-order valence-corrected chi connectivity index (χ0v) is 7.59. The highest BCUT2D eigenvalue weighted by molar-refractivity contribution is 7.27. The van der Waals surface area contributed by atoms with Gasteiger partial charge in [-0.05, 0) is 23.3 Å². The highest BCUT2D eigenvalue weighted by Crippen LogP contribution is 2.18. The zero-order chi connectivity index (χ0) is 8.81. The van der Waals surface area contributed by atoms with Crippen molar-refractivity contribution in [2.24, 2.45) is 0 Å². The smallest absolute Gasteiger partial charge is 0.303 e. The summed E-state index contributed by atoms with van der Waals surface area (Å²) in [6.07, 6.45) is 3.85. The zero-order valence-electron chi connectivity index (χ0n) is 6.77. The van der Waals surface area contributed by atoms with E-state index in [2.05, 4.69) is 10.4 Å². The van der Waals surface area contributed by atoms with E-state index in [1.165, 1.54) is 0 Å². The van der Waals surface area contributed by atoms with Gasteiger partial charge in [0.25, 0.3) is 0 Å². The lowest BCUT2D eigenvalue weighted by Crippen LogP contribution is -1.93. The number of nitrogens with zero attached hydrogens (tertiary/aromatic N) is 1. The predicted octanol–water partition coefficient (Wildman–Crippen LogP) is 2.09. The third-order valence-corrected chi connectivity index (χ3v) is 3.16. The van der Waals surface area contributed by atoms with E-state index in [0.717, 1.165) is 18.6 Å². The highest BCUT2D eigenvalue weighted by Gasteiger charge is 2.03. The molecule has 0 aliphatic carbocycles. The van der Waals surface area contributed by atoms with E-state index in [1.807, 2.05) is 5.51 Å². The van der Waals surface area contributed by atoms with E-state index in [1.54, 1.807) is 6.20 Å². The number of aryl methyl sites for hydroxylation is 1. The van der Waals surface area contributed by atoms with E-state index in [0.29, 0.717) is 0 Å². The molecule has 0 aliphatic heterocycles. The summed E-state index contributed by atoms with van der Waals surface area (Å²) in [4.78, 5) is 14.1. The topological polar surface area (TPSA) is 50.2 Å². The van der Waals surface area contributed by atoms with Crippen molar-refractivity contribution in [2.45, 2.75) is 25.0 Å². The molecule has 66 valence electrons. The molecule has 0 saturated heterocycles. The first-order valence-electron chi connectivity index (χ1n) is 3.89. The van der Waals surface area contributed by atoms with Gasteiger partial charge in [-0.15, -0.1) is 0 Å². The highest BCUT2D eigenvalue weighted by atomic mass is 32.2. The molecule has 3 nitrogen and oxygen atoms in total. The van der Waals surface area contributed by atoms with Crippen LogP contribution in [-0.2, 0) is 10.5 Å². The van der Waals surface area contributed by atoms with Crippen molar-refractivity contribution in [3.05, 3.63) is 17.1 Å². The molecular weight excluding hydrogens is 174 g/mol. The number of hydrogen-bond acceptors (Lipinski definition) is 2.